The Hall–Kier alpha value is -3.65. The number of rotatable bonds is 6. The maximum absolute atomic E-state index is 13.6. The molecular formula is C22H21FN4O3. The summed E-state index contributed by atoms with van der Waals surface area (Å²) in [7, 11) is 3.85. The lowest BCUT2D eigenvalue weighted by molar-refractivity contribution is 0.0926. The van der Waals surface area contributed by atoms with Crippen molar-refractivity contribution in [2.24, 2.45) is 0 Å². The highest BCUT2D eigenvalue weighted by atomic mass is 19.1. The summed E-state index contributed by atoms with van der Waals surface area (Å²) in [5.41, 5.74) is 1.66. The molecule has 0 saturated heterocycles. The number of nitrogens with zero attached hydrogens (tertiary/aromatic N) is 2. The largest absolute Gasteiger partial charge is 0.504 e. The number of carbonyl (C=O) groups is 1. The molecule has 0 aliphatic carbocycles. The van der Waals surface area contributed by atoms with E-state index in [-0.39, 0.29) is 17.4 Å². The molecule has 7 nitrogen and oxygen atoms in total. The molecule has 0 aliphatic rings. The summed E-state index contributed by atoms with van der Waals surface area (Å²) in [5.74, 6) is -1.25. The van der Waals surface area contributed by atoms with Gasteiger partial charge in [-0.25, -0.2) is 4.39 Å². The first-order valence-corrected chi connectivity index (χ1v) is 9.41. The van der Waals surface area contributed by atoms with Gasteiger partial charge in [-0.05, 0) is 49.8 Å². The van der Waals surface area contributed by atoms with Crippen LogP contribution in [0.4, 0.5) is 15.8 Å². The first-order valence-electron chi connectivity index (χ1n) is 9.41. The molecule has 1 amide bonds. The Morgan fingerprint density at radius 2 is 2.03 bits per heavy atom. The van der Waals surface area contributed by atoms with Crippen LogP contribution in [0.1, 0.15) is 10.6 Å². The van der Waals surface area contributed by atoms with E-state index < -0.39 is 5.82 Å². The minimum atomic E-state index is -0.673. The van der Waals surface area contributed by atoms with Crippen molar-refractivity contribution in [1.82, 2.24) is 15.2 Å². The van der Waals surface area contributed by atoms with Gasteiger partial charge in [0, 0.05) is 35.7 Å². The lowest BCUT2D eigenvalue weighted by Crippen LogP contribution is -2.31. The van der Waals surface area contributed by atoms with Crippen molar-refractivity contribution in [3.05, 3.63) is 60.4 Å². The van der Waals surface area contributed by atoms with E-state index in [1.54, 1.807) is 42.7 Å². The number of amides is 1. The van der Waals surface area contributed by atoms with Crippen LogP contribution in [-0.2, 0) is 0 Å². The molecule has 3 N–H and O–H groups in total. The summed E-state index contributed by atoms with van der Waals surface area (Å²) in [6, 6.07) is 9.65. The van der Waals surface area contributed by atoms with E-state index in [1.807, 2.05) is 19.0 Å². The van der Waals surface area contributed by atoms with Gasteiger partial charge in [0.2, 0.25) is 5.76 Å². The number of aromatic nitrogens is 1. The number of hydrogen-bond donors (Lipinski definition) is 3. The van der Waals surface area contributed by atoms with Crippen LogP contribution in [0.3, 0.4) is 0 Å². The Balaban J connectivity index is 1.70. The number of phenols is 1. The number of halogens is 1. The van der Waals surface area contributed by atoms with Crippen molar-refractivity contribution in [3.8, 4) is 5.75 Å². The Bertz CT molecular complexity index is 1240. The molecular weight excluding hydrogens is 387 g/mol. The average molecular weight is 408 g/mol. The van der Waals surface area contributed by atoms with Gasteiger partial charge >= 0.3 is 0 Å². The number of phenolic OH excluding ortho intramolecular Hbond substituents is 1. The van der Waals surface area contributed by atoms with Crippen molar-refractivity contribution in [2.75, 3.05) is 32.5 Å². The SMILES string of the molecule is CN(C)CCNC(=O)c1oc2cnccc2c1Nc1ccc2c(O)c(F)ccc2c1. The highest BCUT2D eigenvalue weighted by Crippen LogP contribution is 2.35. The predicted molar refractivity (Wildman–Crippen MR) is 114 cm³/mol. The summed E-state index contributed by atoms with van der Waals surface area (Å²) in [6.07, 6.45) is 3.18. The van der Waals surface area contributed by atoms with Crippen molar-refractivity contribution in [2.45, 2.75) is 0 Å². The average Bonchev–Trinajstić information content (AvgIpc) is 3.09. The molecule has 8 heteroatoms. The molecule has 0 saturated carbocycles. The van der Waals surface area contributed by atoms with Crippen LogP contribution >= 0.6 is 0 Å². The van der Waals surface area contributed by atoms with Crippen molar-refractivity contribution in [3.63, 3.8) is 0 Å². The van der Waals surface area contributed by atoms with Crippen molar-refractivity contribution < 1.29 is 18.7 Å². The van der Waals surface area contributed by atoms with Gasteiger partial charge in [0.25, 0.3) is 5.91 Å². The van der Waals surface area contributed by atoms with Gasteiger partial charge in [0.15, 0.2) is 17.1 Å². The van der Waals surface area contributed by atoms with Gasteiger partial charge in [-0.2, -0.15) is 0 Å². The van der Waals surface area contributed by atoms with Gasteiger partial charge < -0.3 is 25.1 Å². The molecule has 2 aromatic heterocycles. The van der Waals surface area contributed by atoms with Gasteiger partial charge in [-0.1, -0.05) is 6.07 Å². The number of nitrogens with one attached hydrogen (secondary N) is 2. The fourth-order valence-corrected chi connectivity index (χ4v) is 3.22. The van der Waals surface area contributed by atoms with E-state index in [2.05, 4.69) is 15.6 Å². The Kier molecular flexibility index (Phi) is 5.24. The maximum Gasteiger partial charge on any atom is 0.289 e. The number of fused-ring (bicyclic) bond motifs is 2. The molecule has 4 rings (SSSR count). The molecule has 0 atom stereocenters. The van der Waals surface area contributed by atoms with E-state index in [4.69, 9.17) is 4.42 Å². The molecule has 2 aromatic carbocycles. The van der Waals surface area contributed by atoms with Crippen LogP contribution in [-0.4, -0.2) is 48.1 Å². The molecule has 4 aromatic rings. The van der Waals surface area contributed by atoms with Gasteiger partial charge in [0.1, 0.15) is 0 Å². The number of anilines is 2. The van der Waals surface area contributed by atoms with Gasteiger partial charge in [-0.15, -0.1) is 0 Å². The van der Waals surface area contributed by atoms with E-state index in [0.717, 1.165) is 0 Å². The lowest BCUT2D eigenvalue weighted by atomic mass is 10.1. The minimum Gasteiger partial charge on any atom is -0.504 e. The molecule has 30 heavy (non-hydrogen) atoms. The molecule has 154 valence electrons. The van der Waals surface area contributed by atoms with Crippen LogP contribution in [0.25, 0.3) is 21.7 Å². The molecule has 0 unspecified atom stereocenters. The zero-order valence-electron chi connectivity index (χ0n) is 16.6. The van der Waals surface area contributed by atoms with Gasteiger partial charge in [-0.3, -0.25) is 9.78 Å². The molecule has 0 aliphatic heterocycles. The molecule has 0 bridgehead atoms. The fraction of sp³-hybridized carbons (Fsp3) is 0.182. The predicted octanol–water partition coefficient (Wildman–Crippen LogP) is 3.86. The number of benzene rings is 2. The Morgan fingerprint density at radius 3 is 2.83 bits per heavy atom. The topological polar surface area (TPSA) is 90.6 Å². The van der Waals surface area contributed by atoms with E-state index in [9.17, 15) is 14.3 Å². The maximum atomic E-state index is 13.6. The summed E-state index contributed by atoms with van der Waals surface area (Å²) >= 11 is 0. The van der Waals surface area contributed by atoms with Crippen LogP contribution < -0.4 is 10.6 Å². The number of hydrogen-bond acceptors (Lipinski definition) is 6. The monoisotopic (exact) mass is 408 g/mol. The third-order valence-electron chi connectivity index (χ3n) is 4.76. The fourth-order valence-electron chi connectivity index (χ4n) is 3.22. The number of furan rings is 1. The summed E-state index contributed by atoms with van der Waals surface area (Å²) in [6.45, 7) is 1.17. The van der Waals surface area contributed by atoms with Gasteiger partial charge in [0.05, 0.1) is 11.9 Å². The van der Waals surface area contributed by atoms with Crippen LogP contribution in [0.5, 0.6) is 5.75 Å². The standard InChI is InChI=1S/C22H21FN4O3/c1-27(2)10-9-25-22(29)21-19(16-7-8-24-12-18(16)30-21)26-14-4-5-15-13(11-14)3-6-17(23)20(15)28/h3-8,11-12,26,28H,9-10H2,1-2H3,(H,25,29). The summed E-state index contributed by atoms with van der Waals surface area (Å²) in [5, 5.41) is 17.8. The second kappa shape index (κ2) is 8.00. The lowest BCUT2D eigenvalue weighted by Gasteiger charge is -2.11. The minimum absolute atomic E-state index is 0.152. The zero-order chi connectivity index (χ0) is 21.3. The van der Waals surface area contributed by atoms with E-state index in [0.29, 0.717) is 46.2 Å². The van der Waals surface area contributed by atoms with Crippen LogP contribution in [0, 0.1) is 5.82 Å². The Labute approximate surface area is 172 Å². The van der Waals surface area contributed by atoms with Crippen molar-refractivity contribution >= 4 is 39.0 Å². The third kappa shape index (κ3) is 3.77. The number of pyridine rings is 1. The molecule has 0 spiro atoms. The third-order valence-corrected chi connectivity index (χ3v) is 4.76. The van der Waals surface area contributed by atoms with E-state index in [1.165, 1.54) is 6.07 Å². The summed E-state index contributed by atoms with van der Waals surface area (Å²) < 4.78 is 19.4. The van der Waals surface area contributed by atoms with E-state index >= 15 is 0 Å². The number of aromatic hydroxyl groups is 1. The smallest absolute Gasteiger partial charge is 0.289 e. The Morgan fingerprint density at radius 1 is 1.20 bits per heavy atom. The first kappa shape index (κ1) is 19.7. The highest BCUT2D eigenvalue weighted by molar-refractivity contribution is 6.07. The number of likely N-dealkylation sites (N-methyl/N-ethyl adjacent to an activating group) is 1. The number of carbonyl (C=O) groups excluding carboxylic acids is 1. The molecule has 0 fully saturated rings. The highest BCUT2D eigenvalue weighted by Gasteiger charge is 2.21. The normalized spacial score (nSPS) is 11.3. The van der Waals surface area contributed by atoms with Crippen molar-refractivity contribution in [1.29, 1.82) is 0 Å². The zero-order valence-corrected chi connectivity index (χ0v) is 16.6. The van der Waals surface area contributed by atoms with Crippen LogP contribution in [0.15, 0.2) is 53.2 Å². The van der Waals surface area contributed by atoms with Crippen LogP contribution in [0.2, 0.25) is 0 Å². The summed E-state index contributed by atoms with van der Waals surface area (Å²) in [4.78, 5) is 18.8. The first-order chi connectivity index (χ1) is 14.4. The molecule has 2 heterocycles. The second-order valence-corrected chi connectivity index (χ2v) is 7.19. The second-order valence-electron chi connectivity index (χ2n) is 7.19. The quantitative estimate of drug-likeness (QED) is 0.449. The molecule has 0 radical (unpaired) electrons.